The van der Waals surface area contributed by atoms with Crippen molar-refractivity contribution in [3.05, 3.63) is 0 Å². The molecule has 1 N–H and O–H groups in total. The van der Waals surface area contributed by atoms with Gasteiger partial charge in [-0.15, -0.1) is 0 Å². The maximum atomic E-state index is 10.1. The van der Waals surface area contributed by atoms with E-state index >= 15 is 0 Å². The molecule has 1 heterocycles. The van der Waals surface area contributed by atoms with Crippen LogP contribution in [0, 0.1) is 5.92 Å². The van der Waals surface area contributed by atoms with Crippen molar-refractivity contribution in [1.82, 2.24) is 0 Å². The summed E-state index contributed by atoms with van der Waals surface area (Å²) < 4.78 is 5.73. The van der Waals surface area contributed by atoms with Crippen LogP contribution in [0.5, 0.6) is 0 Å². The van der Waals surface area contributed by atoms with E-state index in [4.69, 9.17) is 4.74 Å². The van der Waals surface area contributed by atoms with E-state index < -0.39 is 0 Å². The molecule has 2 rings (SSSR count). The van der Waals surface area contributed by atoms with Crippen molar-refractivity contribution in [3.63, 3.8) is 0 Å². The Morgan fingerprint density at radius 2 is 2.08 bits per heavy atom. The van der Waals surface area contributed by atoms with Crippen molar-refractivity contribution in [2.75, 3.05) is 6.61 Å². The molecule has 1 aliphatic carbocycles. The van der Waals surface area contributed by atoms with Gasteiger partial charge in [0.25, 0.3) is 0 Å². The summed E-state index contributed by atoms with van der Waals surface area (Å²) in [6, 6.07) is 0. The van der Waals surface area contributed by atoms with Gasteiger partial charge < -0.3 is 9.84 Å². The molecule has 2 heteroatoms. The summed E-state index contributed by atoms with van der Waals surface area (Å²) in [4.78, 5) is 0. The normalized spacial score (nSPS) is 38.3. The third-order valence-corrected chi connectivity index (χ3v) is 3.72. The summed E-state index contributed by atoms with van der Waals surface area (Å²) in [5, 5.41) is 10.1. The minimum Gasteiger partial charge on any atom is -0.390 e. The van der Waals surface area contributed by atoms with Crippen LogP contribution < -0.4 is 0 Å². The summed E-state index contributed by atoms with van der Waals surface area (Å²) in [6.45, 7) is 2.91. The summed E-state index contributed by atoms with van der Waals surface area (Å²) >= 11 is 0. The van der Waals surface area contributed by atoms with Gasteiger partial charge >= 0.3 is 0 Å². The largest absolute Gasteiger partial charge is 0.390 e. The topological polar surface area (TPSA) is 29.5 Å². The minimum atomic E-state index is -0.233. The van der Waals surface area contributed by atoms with Gasteiger partial charge in [0.05, 0.1) is 11.7 Å². The molecule has 2 unspecified atom stereocenters. The first-order chi connectivity index (χ1) is 6.22. The van der Waals surface area contributed by atoms with E-state index in [9.17, 15) is 5.11 Å². The molecule has 1 saturated carbocycles. The predicted molar refractivity (Wildman–Crippen MR) is 51.6 cm³/mol. The number of rotatable bonds is 2. The SMILES string of the molecule is CC1(C(O)C2CCC2)CCCCO1. The number of aliphatic hydroxyl groups is 1. The molecule has 0 aromatic heterocycles. The third kappa shape index (κ3) is 1.75. The predicted octanol–water partition coefficient (Wildman–Crippen LogP) is 2.11. The number of hydrogen-bond donors (Lipinski definition) is 1. The van der Waals surface area contributed by atoms with E-state index in [1.54, 1.807) is 0 Å². The molecule has 0 aromatic carbocycles. The van der Waals surface area contributed by atoms with Crippen molar-refractivity contribution in [1.29, 1.82) is 0 Å². The molecule has 76 valence electrons. The average molecular weight is 184 g/mol. The Bertz CT molecular complexity index is 169. The molecule has 2 atom stereocenters. The van der Waals surface area contributed by atoms with E-state index in [2.05, 4.69) is 6.92 Å². The van der Waals surface area contributed by atoms with Crippen LogP contribution in [0.4, 0.5) is 0 Å². The second-order valence-electron chi connectivity index (χ2n) is 4.75. The summed E-state index contributed by atoms with van der Waals surface area (Å²) in [7, 11) is 0. The Morgan fingerprint density at radius 1 is 1.31 bits per heavy atom. The fourth-order valence-electron chi connectivity index (χ4n) is 2.44. The first kappa shape index (κ1) is 9.47. The fraction of sp³-hybridized carbons (Fsp3) is 1.00. The van der Waals surface area contributed by atoms with Crippen LogP contribution in [0.25, 0.3) is 0 Å². The van der Waals surface area contributed by atoms with Crippen molar-refractivity contribution in [2.45, 2.75) is 57.2 Å². The highest BCUT2D eigenvalue weighted by Crippen LogP contribution is 2.39. The Morgan fingerprint density at radius 3 is 2.54 bits per heavy atom. The first-order valence-electron chi connectivity index (χ1n) is 5.54. The average Bonchev–Trinajstić information content (AvgIpc) is 2.02. The molecule has 0 bridgehead atoms. The Labute approximate surface area is 80.3 Å². The molecular weight excluding hydrogens is 164 g/mol. The highest BCUT2D eigenvalue weighted by atomic mass is 16.5. The van der Waals surface area contributed by atoms with Crippen LogP contribution in [-0.4, -0.2) is 23.4 Å². The maximum Gasteiger partial charge on any atom is 0.0914 e. The number of aliphatic hydroxyl groups excluding tert-OH is 1. The first-order valence-corrected chi connectivity index (χ1v) is 5.54. The smallest absolute Gasteiger partial charge is 0.0914 e. The zero-order chi connectivity index (χ0) is 9.31. The molecule has 2 aliphatic rings. The molecule has 0 aromatic rings. The zero-order valence-electron chi connectivity index (χ0n) is 8.46. The van der Waals surface area contributed by atoms with Crippen LogP contribution >= 0.6 is 0 Å². The quantitative estimate of drug-likeness (QED) is 0.712. The van der Waals surface area contributed by atoms with Crippen LogP contribution in [-0.2, 0) is 4.74 Å². The third-order valence-electron chi connectivity index (χ3n) is 3.72. The van der Waals surface area contributed by atoms with Gasteiger partial charge in [0.1, 0.15) is 0 Å². The molecule has 0 amide bonds. The lowest BCUT2D eigenvalue weighted by molar-refractivity contribution is -0.162. The maximum absolute atomic E-state index is 10.1. The molecule has 2 nitrogen and oxygen atoms in total. The summed E-state index contributed by atoms with van der Waals surface area (Å²) in [5.74, 6) is 0.517. The van der Waals surface area contributed by atoms with Gasteiger partial charge in [0.15, 0.2) is 0 Å². The number of ether oxygens (including phenoxy) is 1. The Balaban J connectivity index is 1.94. The van der Waals surface area contributed by atoms with E-state index in [0.717, 1.165) is 19.4 Å². The number of hydrogen-bond acceptors (Lipinski definition) is 2. The second kappa shape index (κ2) is 3.58. The molecule has 2 fully saturated rings. The van der Waals surface area contributed by atoms with E-state index in [1.165, 1.54) is 25.7 Å². The summed E-state index contributed by atoms with van der Waals surface area (Å²) in [5.41, 5.74) is -0.233. The van der Waals surface area contributed by atoms with Crippen molar-refractivity contribution >= 4 is 0 Å². The lowest BCUT2D eigenvalue weighted by Gasteiger charge is -2.44. The molecule has 0 spiro atoms. The van der Waals surface area contributed by atoms with Gasteiger partial charge in [0.2, 0.25) is 0 Å². The Kier molecular flexibility index (Phi) is 2.61. The molecular formula is C11H20O2. The van der Waals surface area contributed by atoms with Crippen molar-refractivity contribution in [3.8, 4) is 0 Å². The monoisotopic (exact) mass is 184 g/mol. The molecule has 1 aliphatic heterocycles. The molecule has 0 radical (unpaired) electrons. The van der Waals surface area contributed by atoms with Crippen LogP contribution in [0.3, 0.4) is 0 Å². The van der Waals surface area contributed by atoms with Crippen LogP contribution in [0.2, 0.25) is 0 Å². The minimum absolute atomic E-state index is 0.221. The molecule has 13 heavy (non-hydrogen) atoms. The zero-order valence-corrected chi connectivity index (χ0v) is 8.46. The van der Waals surface area contributed by atoms with Gasteiger partial charge in [-0.2, -0.15) is 0 Å². The Hall–Kier alpha value is -0.0800. The van der Waals surface area contributed by atoms with Crippen LogP contribution in [0.1, 0.15) is 45.4 Å². The van der Waals surface area contributed by atoms with Gasteiger partial charge in [-0.3, -0.25) is 0 Å². The van der Waals surface area contributed by atoms with Crippen molar-refractivity contribution < 1.29 is 9.84 Å². The highest BCUT2D eigenvalue weighted by Gasteiger charge is 2.41. The fourth-order valence-corrected chi connectivity index (χ4v) is 2.44. The van der Waals surface area contributed by atoms with E-state index in [1.807, 2.05) is 0 Å². The van der Waals surface area contributed by atoms with Gasteiger partial charge in [-0.1, -0.05) is 6.42 Å². The van der Waals surface area contributed by atoms with Crippen molar-refractivity contribution in [2.24, 2.45) is 5.92 Å². The van der Waals surface area contributed by atoms with E-state index in [-0.39, 0.29) is 11.7 Å². The lowest BCUT2D eigenvalue weighted by Crippen LogP contribution is -2.49. The van der Waals surface area contributed by atoms with Gasteiger partial charge in [-0.05, 0) is 44.9 Å². The van der Waals surface area contributed by atoms with Gasteiger partial charge in [0, 0.05) is 6.61 Å². The highest BCUT2D eigenvalue weighted by molar-refractivity contribution is 4.92. The van der Waals surface area contributed by atoms with Gasteiger partial charge in [-0.25, -0.2) is 0 Å². The second-order valence-corrected chi connectivity index (χ2v) is 4.75. The molecule has 1 saturated heterocycles. The standard InChI is InChI=1S/C11H20O2/c1-11(7-2-3-8-13-11)10(12)9-5-4-6-9/h9-10,12H,2-8H2,1H3. The summed E-state index contributed by atoms with van der Waals surface area (Å²) in [6.07, 6.45) is 6.86. The van der Waals surface area contributed by atoms with E-state index in [0.29, 0.717) is 5.92 Å². The van der Waals surface area contributed by atoms with Crippen LogP contribution in [0.15, 0.2) is 0 Å². The lowest BCUT2D eigenvalue weighted by atomic mass is 9.73.